The van der Waals surface area contributed by atoms with Crippen LogP contribution in [0.4, 0.5) is 5.82 Å². The highest BCUT2D eigenvalue weighted by atomic mass is 31.2. The SMILES string of the molecule is CCCCOC(=O)C(C)(C)NP(=O)(COC(C)Cn1cnc2c(N)ncnc21)OC(C)C(=O)OC1CCCC1. The normalized spacial score (nSPS) is 17.6. The van der Waals surface area contributed by atoms with Gasteiger partial charge in [-0.25, -0.2) is 24.8 Å². The number of imidazole rings is 1. The summed E-state index contributed by atoms with van der Waals surface area (Å²) in [5.74, 6) is -0.931. The van der Waals surface area contributed by atoms with E-state index in [0.717, 1.165) is 32.1 Å². The fourth-order valence-electron chi connectivity index (χ4n) is 4.20. The van der Waals surface area contributed by atoms with Gasteiger partial charge in [0.2, 0.25) is 0 Å². The minimum absolute atomic E-state index is 0.167. The van der Waals surface area contributed by atoms with Gasteiger partial charge in [0.1, 0.15) is 29.8 Å². The molecule has 3 N–H and O–H groups in total. The Balaban J connectivity index is 1.70. The van der Waals surface area contributed by atoms with E-state index in [-0.39, 0.29) is 18.5 Å². The monoisotopic (exact) mass is 568 g/mol. The van der Waals surface area contributed by atoms with E-state index in [4.69, 9.17) is 24.5 Å². The van der Waals surface area contributed by atoms with Gasteiger partial charge < -0.3 is 29.0 Å². The van der Waals surface area contributed by atoms with Gasteiger partial charge in [0, 0.05) is 0 Å². The van der Waals surface area contributed by atoms with Crippen molar-refractivity contribution in [3.63, 3.8) is 0 Å². The lowest BCUT2D eigenvalue weighted by molar-refractivity contribution is -0.156. The summed E-state index contributed by atoms with van der Waals surface area (Å²) in [6, 6.07) is 0. The third-order valence-corrected chi connectivity index (χ3v) is 8.39. The van der Waals surface area contributed by atoms with E-state index in [1.165, 1.54) is 13.3 Å². The number of carbonyl (C=O) groups is 2. The van der Waals surface area contributed by atoms with Crippen LogP contribution < -0.4 is 10.8 Å². The van der Waals surface area contributed by atoms with Crippen LogP contribution in [0.25, 0.3) is 11.2 Å². The van der Waals surface area contributed by atoms with Crippen molar-refractivity contribution in [1.29, 1.82) is 0 Å². The number of esters is 2. The number of nitrogens with zero attached hydrogens (tertiary/aromatic N) is 4. The van der Waals surface area contributed by atoms with E-state index >= 15 is 0 Å². The number of hydrogen-bond acceptors (Lipinski definition) is 11. The van der Waals surface area contributed by atoms with Crippen LogP contribution in [0.1, 0.15) is 73.1 Å². The van der Waals surface area contributed by atoms with Crippen molar-refractivity contribution < 1.29 is 32.9 Å². The summed E-state index contributed by atoms with van der Waals surface area (Å²) in [6.07, 6.45) is 5.88. The molecule has 2 heterocycles. The van der Waals surface area contributed by atoms with Gasteiger partial charge in [0.15, 0.2) is 17.6 Å². The predicted octanol–water partition coefficient (Wildman–Crippen LogP) is 3.57. The zero-order chi connectivity index (χ0) is 28.6. The average molecular weight is 569 g/mol. The Labute approximate surface area is 229 Å². The topological polar surface area (TPSA) is 170 Å². The molecule has 0 aromatic carbocycles. The molecule has 1 aliphatic rings. The fraction of sp³-hybridized carbons (Fsp3) is 0.720. The van der Waals surface area contributed by atoms with Gasteiger partial charge in [-0.15, -0.1) is 0 Å². The molecule has 3 rings (SSSR count). The van der Waals surface area contributed by atoms with Crippen LogP contribution >= 0.6 is 7.52 Å². The Morgan fingerprint density at radius 3 is 2.64 bits per heavy atom. The summed E-state index contributed by atoms with van der Waals surface area (Å²) >= 11 is 0. The second-order valence-corrected chi connectivity index (χ2v) is 12.5. The van der Waals surface area contributed by atoms with E-state index in [9.17, 15) is 14.2 Å². The van der Waals surface area contributed by atoms with Crippen LogP contribution in [0, 0.1) is 0 Å². The van der Waals surface area contributed by atoms with Crippen LogP contribution in [0.3, 0.4) is 0 Å². The highest BCUT2D eigenvalue weighted by Crippen LogP contribution is 2.46. The number of unbranched alkanes of at least 4 members (excludes halogenated alkanes) is 1. The summed E-state index contributed by atoms with van der Waals surface area (Å²) in [7, 11) is -3.93. The first-order valence-corrected chi connectivity index (χ1v) is 15.2. The van der Waals surface area contributed by atoms with Gasteiger partial charge in [-0.1, -0.05) is 13.3 Å². The molecule has 14 heteroatoms. The number of hydrogen-bond donors (Lipinski definition) is 2. The molecule has 218 valence electrons. The lowest BCUT2D eigenvalue weighted by Gasteiger charge is -2.31. The van der Waals surface area contributed by atoms with Crippen LogP contribution in [0.15, 0.2) is 12.7 Å². The van der Waals surface area contributed by atoms with Crippen LogP contribution in [-0.2, 0) is 39.4 Å². The van der Waals surface area contributed by atoms with Crippen molar-refractivity contribution >= 4 is 36.4 Å². The maximum atomic E-state index is 14.0. The maximum Gasteiger partial charge on any atom is 0.335 e. The van der Waals surface area contributed by atoms with Crippen molar-refractivity contribution in [3.8, 4) is 0 Å². The van der Waals surface area contributed by atoms with Crippen molar-refractivity contribution in [2.45, 2.75) is 104 Å². The number of rotatable bonds is 15. The molecule has 0 bridgehead atoms. The second kappa shape index (κ2) is 13.6. The summed E-state index contributed by atoms with van der Waals surface area (Å²) in [5.41, 5.74) is 5.50. The van der Waals surface area contributed by atoms with Gasteiger partial charge in [-0.2, -0.15) is 0 Å². The van der Waals surface area contributed by atoms with Crippen molar-refractivity contribution in [1.82, 2.24) is 24.6 Å². The number of nitrogens with one attached hydrogen (secondary N) is 1. The van der Waals surface area contributed by atoms with Gasteiger partial charge in [-0.3, -0.25) is 9.36 Å². The summed E-state index contributed by atoms with van der Waals surface area (Å²) in [6.45, 7) is 8.89. The Kier molecular flexibility index (Phi) is 10.8. The molecule has 13 nitrogen and oxygen atoms in total. The first-order valence-electron chi connectivity index (χ1n) is 13.4. The molecule has 2 aromatic rings. The maximum absolute atomic E-state index is 14.0. The summed E-state index contributed by atoms with van der Waals surface area (Å²) in [5, 5.41) is 2.80. The first kappa shape index (κ1) is 30.9. The summed E-state index contributed by atoms with van der Waals surface area (Å²) < 4.78 is 38.4. The van der Waals surface area contributed by atoms with E-state index in [1.54, 1.807) is 31.7 Å². The molecule has 0 spiro atoms. The van der Waals surface area contributed by atoms with Gasteiger partial charge >= 0.3 is 11.9 Å². The summed E-state index contributed by atoms with van der Waals surface area (Å²) in [4.78, 5) is 37.8. The Morgan fingerprint density at radius 1 is 1.23 bits per heavy atom. The molecule has 0 radical (unpaired) electrons. The lowest BCUT2D eigenvalue weighted by Crippen LogP contribution is -2.47. The Bertz CT molecular complexity index is 1170. The molecule has 1 aliphatic carbocycles. The lowest BCUT2D eigenvalue weighted by atomic mass is 10.1. The predicted molar refractivity (Wildman–Crippen MR) is 145 cm³/mol. The zero-order valence-electron chi connectivity index (χ0n) is 23.4. The van der Waals surface area contributed by atoms with Crippen LogP contribution in [-0.4, -0.2) is 68.3 Å². The standard InChI is InChI=1S/C25H41N6O7P/c1-6-7-12-35-24(33)25(4,5)30-39(34,38-18(3)23(32)37-19-10-8-9-11-19)16-36-17(2)13-31-15-29-20-21(26)27-14-28-22(20)31/h14-15,17-19H,6-13,16H2,1-5H3,(H,30,34)(H2,26,27,28). The molecule has 1 fully saturated rings. The molecule has 1 saturated carbocycles. The minimum Gasteiger partial charge on any atom is -0.464 e. The van der Waals surface area contributed by atoms with Crippen molar-refractivity contribution in [2.24, 2.45) is 0 Å². The number of carbonyl (C=O) groups excluding carboxylic acids is 2. The van der Waals surface area contributed by atoms with Crippen LogP contribution in [0.2, 0.25) is 0 Å². The van der Waals surface area contributed by atoms with Gasteiger partial charge in [0.25, 0.3) is 7.52 Å². The minimum atomic E-state index is -3.93. The fourth-order valence-corrected chi connectivity index (χ4v) is 6.37. The highest BCUT2D eigenvalue weighted by molar-refractivity contribution is 7.56. The van der Waals surface area contributed by atoms with Crippen molar-refractivity contribution in [3.05, 3.63) is 12.7 Å². The number of anilines is 1. The molecule has 0 saturated heterocycles. The molecule has 0 amide bonds. The smallest absolute Gasteiger partial charge is 0.335 e. The van der Waals surface area contributed by atoms with E-state index in [1.807, 2.05) is 6.92 Å². The Morgan fingerprint density at radius 2 is 1.95 bits per heavy atom. The Hall–Kier alpha value is -2.60. The number of ether oxygens (including phenoxy) is 3. The second-order valence-electron chi connectivity index (χ2n) is 10.4. The third kappa shape index (κ3) is 8.69. The number of fused-ring (bicyclic) bond motifs is 1. The zero-order valence-corrected chi connectivity index (χ0v) is 24.3. The average Bonchev–Trinajstić information content (AvgIpc) is 3.53. The quantitative estimate of drug-likeness (QED) is 0.182. The molecule has 2 aromatic heterocycles. The van der Waals surface area contributed by atoms with E-state index in [0.29, 0.717) is 24.1 Å². The largest absolute Gasteiger partial charge is 0.464 e. The van der Waals surface area contributed by atoms with E-state index in [2.05, 4.69) is 20.0 Å². The van der Waals surface area contributed by atoms with E-state index < -0.39 is 43.6 Å². The molecular weight excluding hydrogens is 527 g/mol. The highest BCUT2D eigenvalue weighted by Gasteiger charge is 2.41. The molecule has 3 atom stereocenters. The van der Waals surface area contributed by atoms with Gasteiger partial charge in [-0.05, 0) is 59.8 Å². The molecular formula is C25H41N6O7P. The number of nitrogens with two attached hydrogens (primary N) is 1. The van der Waals surface area contributed by atoms with Crippen molar-refractivity contribution in [2.75, 3.05) is 18.7 Å². The first-order chi connectivity index (χ1) is 18.4. The molecule has 3 unspecified atom stereocenters. The third-order valence-electron chi connectivity index (χ3n) is 6.35. The van der Waals surface area contributed by atoms with Gasteiger partial charge in [0.05, 0.1) is 25.6 Å². The molecule has 0 aliphatic heterocycles. The molecule has 39 heavy (non-hydrogen) atoms. The number of aromatic nitrogens is 4. The van der Waals surface area contributed by atoms with Crippen LogP contribution in [0.5, 0.6) is 0 Å². The number of nitrogen functional groups attached to an aromatic ring is 1.